The SMILES string of the molecule is CCS(=O)(=O)C1=CC(Oc2cccc(-c3c(C(C)(C)C)nc4c(N)cccn34)c2)CC=C1. The fraction of sp³-hybridized carbons (Fsp3) is 0.320. The van der Waals surface area contributed by atoms with Crippen LogP contribution in [0.5, 0.6) is 5.75 Å². The molecule has 0 fully saturated rings. The first-order chi connectivity index (χ1) is 15.1. The first-order valence-electron chi connectivity index (χ1n) is 10.8. The van der Waals surface area contributed by atoms with E-state index in [0.29, 0.717) is 22.8 Å². The number of anilines is 1. The van der Waals surface area contributed by atoms with Crippen molar-refractivity contribution in [3.63, 3.8) is 0 Å². The van der Waals surface area contributed by atoms with E-state index in [9.17, 15) is 8.42 Å². The maximum atomic E-state index is 12.3. The predicted octanol–water partition coefficient (Wildman–Crippen LogP) is 4.91. The van der Waals surface area contributed by atoms with Gasteiger partial charge in [0, 0.05) is 23.6 Å². The molecule has 2 N–H and O–H groups in total. The lowest BCUT2D eigenvalue weighted by atomic mass is 9.89. The number of imidazole rings is 1. The Hall–Kier alpha value is -3.06. The van der Waals surface area contributed by atoms with Gasteiger partial charge in [-0.1, -0.05) is 45.9 Å². The third-order valence-electron chi connectivity index (χ3n) is 5.53. The molecule has 0 spiro atoms. The summed E-state index contributed by atoms with van der Waals surface area (Å²) in [6.45, 7) is 8.03. The number of hydrogen-bond donors (Lipinski definition) is 1. The Kier molecular flexibility index (Phi) is 5.63. The second-order valence-corrected chi connectivity index (χ2v) is 11.3. The molecule has 0 bridgehead atoms. The van der Waals surface area contributed by atoms with Gasteiger partial charge in [-0.2, -0.15) is 0 Å². The Labute approximate surface area is 189 Å². The third kappa shape index (κ3) is 4.17. The molecule has 1 aromatic carbocycles. The van der Waals surface area contributed by atoms with E-state index in [1.807, 2.05) is 53.1 Å². The molecule has 0 saturated heterocycles. The van der Waals surface area contributed by atoms with Crippen LogP contribution in [-0.2, 0) is 15.3 Å². The van der Waals surface area contributed by atoms with E-state index in [1.54, 1.807) is 19.1 Å². The molecule has 2 heterocycles. The molecular weight excluding hydrogens is 422 g/mol. The summed E-state index contributed by atoms with van der Waals surface area (Å²) in [5, 5.41) is 0. The van der Waals surface area contributed by atoms with Crippen LogP contribution in [0, 0.1) is 0 Å². The van der Waals surface area contributed by atoms with E-state index in [-0.39, 0.29) is 17.3 Å². The zero-order chi connectivity index (χ0) is 23.1. The maximum Gasteiger partial charge on any atom is 0.177 e. The predicted molar refractivity (Wildman–Crippen MR) is 129 cm³/mol. The van der Waals surface area contributed by atoms with Crippen LogP contribution in [0.15, 0.2) is 65.7 Å². The van der Waals surface area contributed by atoms with E-state index >= 15 is 0 Å². The Morgan fingerprint density at radius 3 is 2.72 bits per heavy atom. The fourth-order valence-corrected chi connectivity index (χ4v) is 4.86. The molecule has 0 aliphatic heterocycles. The van der Waals surface area contributed by atoms with Gasteiger partial charge in [0.05, 0.1) is 27.7 Å². The number of hydrogen-bond acceptors (Lipinski definition) is 5. The molecule has 6 nitrogen and oxygen atoms in total. The highest BCUT2D eigenvalue weighted by Gasteiger charge is 2.26. The number of rotatable bonds is 5. The summed E-state index contributed by atoms with van der Waals surface area (Å²) < 4.78 is 32.7. The van der Waals surface area contributed by atoms with Gasteiger partial charge in [-0.15, -0.1) is 0 Å². The molecule has 1 atom stereocenters. The number of benzene rings is 1. The van der Waals surface area contributed by atoms with Crippen molar-refractivity contribution in [3.8, 4) is 17.0 Å². The molecule has 1 aliphatic rings. The number of pyridine rings is 1. The van der Waals surface area contributed by atoms with Crippen LogP contribution in [0.2, 0.25) is 0 Å². The fourth-order valence-electron chi connectivity index (χ4n) is 3.86. The standard InChI is InChI=1S/C25H29N3O3S/c1-5-32(29,30)20-12-7-11-19(16-20)31-18-10-6-9-17(15-18)22-23(25(2,3)4)27-24-21(26)13-8-14-28(22)24/h6-10,12-16,19H,5,11,26H2,1-4H3. The van der Waals surface area contributed by atoms with Gasteiger partial charge in [-0.25, -0.2) is 13.4 Å². The normalized spacial score (nSPS) is 16.9. The highest BCUT2D eigenvalue weighted by molar-refractivity contribution is 7.95. The van der Waals surface area contributed by atoms with Crippen molar-refractivity contribution in [1.29, 1.82) is 0 Å². The Balaban J connectivity index is 1.74. The first kappa shape index (κ1) is 22.1. The molecule has 0 saturated carbocycles. The zero-order valence-corrected chi connectivity index (χ0v) is 19.7. The van der Waals surface area contributed by atoms with Crippen molar-refractivity contribution < 1.29 is 13.2 Å². The first-order valence-corrected chi connectivity index (χ1v) is 12.4. The van der Waals surface area contributed by atoms with Crippen LogP contribution in [0.3, 0.4) is 0 Å². The topological polar surface area (TPSA) is 86.7 Å². The third-order valence-corrected chi connectivity index (χ3v) is 7.28. The largest absolute Gasteiger partial charge is 0.486 e. The summed E-state index contributed by atoms with van der Waals surface area (Å²) >= 11 is 0. The molecule has 7 heteroatoms. The number of nitrogens with two attached hydrogens (primary N) is 1. The van der Waals surface area contributed by atoms with E-state index < -0.39 is 9.84 Å². The molecule has 4 rings (SSSR count). The summed E-state index contributed by atoms with van der Waals surface area (Å²) in [4.78, 5) is 5.18. The Morgan fingerprint density at radius 2 is 2.00 bits per heavy atom. The molecule has 3 aromatic rings. The lowest BCUT2D eigenvalue weighted by Crippen LogP contribution is -2.18. The Bertz CT molecular complexity index is 1330. The Morgan fingerprint density at radius 1 is 1.22 bits per heavy atom. The van der Waals surface area contributed by atoms with Gasteiger partial charge >= 0.3 is 0 Å². The van der Waals surface area contributed by atoms with Gasteiger partial charge in [0.15, 0.2) is 15.5 Å². The summed E-state index contributed by atoms with van der Waals surface area (Å²) in [5.41, 5.74) is 10.2. The molecule has 32 heavy (non-hydrogen) atoms. The van der Waals surface area contributed by atoms with Crippen LogP contribution in [0.1, 0.15) is 39.8 Å². The van der Waals surface area contributed by atoms with Crippen molar-refractivity contribution in [2.24, 2.45) is 0 Å². The van der Waals surface area contributed by atoms with E-state index in [4.69, 9.17) is 15.5 Å². The minimum atomic E-state index is -3.27. The molecule has 0 amide bonds. The van der Waals surface area contributed by atoms with E-state index in [0.717, 1.165) is 22.6 Å². The summed E-state index contributed by atoms with van der Waals surface area (Å²) in [5.74, 6) is 0.740. The monoisotopic (exact) mass is 451 g/mol. The van der Waals surface area contributed by atoms with Crippen molar-refractivity contribution in [1.82, 2.24) is 9.38 Å². The van der Waals surface area contributed by atoms with Gasteiger partial charge in [0.1, 0.15) is 11.9 Å². The minimum Gasteiger partial charge on any atom is -0.486 e. The van der Waals surface area contributed by atoms with Gasteiger partial charge in [0.25, 0.3) is 0 Å². The zero-order valence-electron chi connectivity index (χ0n) is 18.9. The van der Waals surface area contributed by atoms with Crippen molar-refractivity contribution in [2.75, 3.05) is 11.5 Å². The van der Waals surface area contributed by atoms with Crippen LogP contribution in [-0.4, -0.2) is 29.7 Å². The number of ether oxygens (including phenoxy) is 1. The quantitative estimate of drug-likeness (QED) is 0.596. The van der Waals surface area contributed by atoms with Crippen LogP contribution >= 0.6 is 0 Å². The number of nitrogens with zero attached hydrogens (tertiary/aromatic N) is 2. The van der Waals surface area contributed by atoms with Crippen LogP contribution in [0.25, 0.3) is 16.9 Å². The molecule has 168 valence electrons. The van der Waals surface area contributed by atoms with Crippen molar-refractivity contribution >= 4 is 21.2 Å². The number of aromatic nitrogens is 2. The molecular formula is C25H29N3O3S. The maximum absolute atomic E-state index is 12.3. The average molecular weight is 452 g/mol. The number of fused-ring (bicyclic) bond motifs is 1. The van der Waals surface area contributed by atoms with Gasteiger partial charge < -0.3 is 10.5 Å². The number of sulfone groups is 1. The van der Waals surface area contributed by atoms with Gasteiger partial charge in [-0.05, 0) is 36.4 Å². The molecule has 2 aromatic heterocycles. The lowest BCUT2D eigenvalue weighted by Gasteiger charge is -2.20. The van der Waals surface area contributed by atoms with E-state index in [2.05, 4.69) is 20.8 Å². The summed E-state index contributed by atoms with van der Waals surface area (Å²) in [6.07, 6.45) is 7.45. The smallest absolute Gasteiger partial charge is 0.177 e. The highest BCUT2D eigenvalue weighted by atomic mass is 32.2. The van der Waals surface area contributed by atoms with Crippen LogP contribution < -0.4 is 10.5 Å². The highest BCUT2D eigenvalue weighted by Crippen LogP contribution is 2.36. The van der Waals surface area contributed by atoms with Gasteiger partial charge in [-0.3, -0.25) is 4.40 Å². The van der Waals surface area contributed by atoms with Gasteiger partial charge in [0.2, 0.25) is 0 Å². The van der Waals surface area contributed by atoms with E-state index in [1.165, 1.54) is 0 Å². The average Bonchev–Trinajstić information content (AvgIpc) is 3.16. The number of allylic oxidation sites excluding steroid dienone is 1. The second kappa shape index (κ2) is 8.13. The molecule has 1 aliphatic carbocycles. The number of nitrogen functional groups attached to an aromatic ring is 1. The minimum absolute atomic E-state index is 0.0678. The molecule has 0 radical (unpaired) electrons. The molecule has 1 unspecified atom stereocenters. The summed E-state index contributed by atoms with van der Waals surface area (Å²) in [6, 6.07) is 11.6. The lowest BCUT2D eigenvalue weighted by molar-refractivity contribution is 0.251. The second-order valence-electron chi connectivity index (χ2n) is 9.01. The summed E-state index contributed by atoms with van der Waals surface area (Å²) in [7, 11) is -3.27. The van der Waals surface area contributed by atoms with Crippen LogP contribution in [0.4, 0.5) is 5.69 Å². The van der Waals surface area contributed by atoms with Crippen molar-refractivity contribution in [3.05, 3.63) is 71.4 Å². The van der Waals surface area contributed by atoms with Crippen molar-refractivity contribution in [2.45, 2.75) is 45.6 Å².